The van der Waals surface area contributed by atoms with Crippen LogP contribution < -0.4 is 0 Å². The van der Waals surface area contributed by atoms with Crippen LogP contribution in [0.2, 0.25) is 0 Å². The molecule has 22 heavy (non-hydrogen) atoms. The summed E-state index contributed by atoms with van der Waals surface area (Å²) in [6.07, 6.45) is 3.69. The largest absolute Gasteiger partial charge is 0.371 e. The van der Waals surface area contributed by atoms with Crippen molar-refractivity contribution in [2.75, 3.05) is 13.2 Å². The summed E-state index contributed by atoms with van der Waals surface area (Å²) in [7, 11) is 0. The molecule has 0 N–H and O–H groups in total. The number of benzene rings is 2. The molecular formula is C19H19NO2. The topological polar surface area (TPSA) is 32.8 Å². The summed E-state index contributed by atoms with van der Waals surface area (Å²) in [6, 6.07) is 19.9. The van der Waals surface area contributed by atoms with Crippen molar-refractivity contribution in [3.63, 3.8) is 0 Å². The minimum atomic E-state index is 0.0169. The maximum absolute atomic E-state index is 12.5. The monoisotopic (exact) mass is 293 g/mol. The maximum atomic E-state index is 12.5. The maximum Gasteiger partial charge on any atom is 0.246 e. The van der Waals surface area contributed by atoms with E-state index in [-0.39, 0.29) is 12.0 Å². The lowest BCUT2D eigenvalue weighted by Gasteiger charge is -2.20. The number of hydrogen-bond donors (Lipinski definition) is 0. The first-order valence-electron chi connectivity index (χ1n) is 7.49. The molecule has 3 nitrogen and oxygen atoms in total. The van der Waals surface area contributed by atoms with E-state index in [2.05, 4.69) is 0 Å². The fraction of sp³-hybridized carbons (Fsp3) is 0.211. The van der Waals surface area contributed by atoms with Crippen molar-refractivity contribution in [3.05, 3.63) is 77.9 Å². The Labute approximate surface area is 130 Å². The highest BCUT2D eigenvalue weighted by Crippen LogP contribution is 2.14. The van der Waals surface area contributed by atoms with Gasteiger partial charge in [0.05, 0.1) is 12.7 Å². The zero-order valence-electron chi connectivity index (χ0n) is 12.4. The summed E-state index contributed by atoms with van der Waals surface area (Å²) < 4.78 is 5.27. The van der Waals surface area contributed by atoms with Gasteiger partial charge >= 0.3 is 0 Å². The number of amides is 1. The van der Waals surface area contributed by atoms with Crippen molar-refractivity contribution >= 4 is 12.0 Å². The second kappa shape index (κ2) is 7.05. The van der Waals surface area contributed by atoms with E-state index < -0.39 is 0 Å². The first-order valence-corrected chi connectivity index (χ1v) is 7.49. The Morgan fingerprint density at radius 3 is 2.36 bits per heavy atom. The van der Waals surface area contributed by atoms with Crippen molar-refractivity contribution in [2.45, 2.75) is 12.6 Å². The quantitative estimate of drug-likeness (QED) is 0.605. The Bertz CT molecular complexity index is 633. The predicted molar refractivity (Wildman–Crippen MR) is 87.1 cm³/mol. The van der Waals surface area contributed by atoms with E-state index in [0.29, 0.717) is 13.1 Å². The molecule has 1 fully saturated rings. The lowest BCUT2D eigenvalue weighted by Crippen LogP contribution is -2.32. The second-order valence-electron chi connectivity index (χ2n) is 5.40. The van der Waals surface area contributed by atoms with Gasteiger partial charge in [0, 0.05) is 19.2 Å². The summed E-state index contributed by atoms with van der Waals surface area (Å²) in [5.41, 5.74) is 2.16. The Hall–Kier alpha value is -2.39. The van der Waals surface area contributed by atoms with Crippen molar-refractivity contribution in [1.82, 2.24) is 4.90 Å². The number of ether oxygens (including phenoxy) is 1. The van der Waals surface area contributed by atoms with Gasteiger partial charge in [0.2, 0.25) is 5.91 Å². The summed E-state index contributed by atoms with van der Waals surface area (Å²) in [5.74, 6) is 0.0169. The average Bonchev–Trinajstić information content (AvgIpc) is 3.38. The van der Waals surface area contributed by atoms with Crippen LogP contribution in [-0.2, 0) is 16.1 Å². The summed E-state index contributed by atoms with van der Waals surface area (Å²) >= 11 is 0. The van der Waals surface area contributed by atoms with Crippen molar-refractivity contribution in [2.24, 2.45) is 0 Å². The van der Waals surface area contributed by atoms with E-state index >= 15 is 0 Å². The zero-order chi connectivity index (χ0) is 15.2. The van der Waals surface area contributed by atoms with E-state index in [0.717, 1.165) is 17.7 Å². The van der Waals surface area contributed by atoms with E-state index in [1.54, 1.807) is 6.08 Å². The minimum Gasteiger partial charge on any atom is -0.371 e. The molecule has 1 amide bonds. The molecule has 0 saturated carbocycles. The van der Waals surface area contributed by atoms with Gasteiger partial charge in [-0.3, -0.25) is 4.79 Å². The van der Waals surface area contributed by atoms with Crippen LogP contribution in [0.25, 0.3) is 6.08 Å². The van der Waals surface area contributed by atoms with Gasteiger partial charge in [-0.15, -0.1) is 0 Å². The van der Waals surface area contributed by atoms with Gasteiger partial charge in [-0.05, 0) is 17.2 Å². The molecule has 3 rings (SSSR count). The number of carbonyl (C=O) groups is 1. The number of carbonyl (C=O) groups excluding carboxylic acids is 1. The SMILES string of the molecule is O=C(/C=C/c1ccccc1)N(Cc1ccccc1)CC1CO1. The van der Waals surface area contributed by atoms with Crippen LogP contribution in [0.15, 0.2) is 66.7 Å². The van der Waals surface area contributed by atoms with Gasteiger partial charge in [-0.1, -0.05) is 60.7 Å². The van der Waals surface area contributed by atoms with Crippen LogP contribution >= 0.6 is 0 Å². The molecule has 1 heterocycles. The Balaban J connectivity index is 1.68. The molecule has 2 aromatic carbocycles. The molecule has 1 unspecified atom stereocenters. The van der Waals surface area contributed by atoms with Crippen molar-refractivity contribution in [1.29, 1.82) is 0 Å². The number of hydrogen-bond acceptors (Lipinski definition) is 2. The van der Waals surface area contributed by atoms with Gasteiger partial charge in [-0.25, -0.2) is 0 Å². The van der Waals surface area contributed by atoms with Gasteiger partial charge < -0.3 is 9.64 Å². The molecule has 3 heteroatoms. The standard InChI is InChI=1S/C19H19NO2/c21-19(12-11-16-7-3-1-4-8-16)20(14-18-15-22-18)13-17-9-5-2-6-10-17/h1-12,18H,13-15H2/b12-11+. The highest BCUT2D eigenvalue weighted by Gasteiger charge is 2.27. The molecule has 0 radical (unpaired) electrons. The average molecular weight is 293 g/mol. The fourth-order valence-corrected chi connectivity index (χ4v) is 2.29. The van der Waals surface area contributed by atoms with E-state index in [9.17, 15) is 4.79 Å². The van der Waals surface area contributed by atoms with Crippen molar-refractivity contribution < 1.29 is 9.53 Å². The molecule has 0 aliphatic carbocycles. The molecule has 2 aromatic rings. The van der Waals surface area contributed by atoms with Crippen LogP contribution in [0, 0.1) is 0 Å². The molecule has 112 valence electrons. The predicted octanol–water partition coefficient (Wildman–Crippen LogP) is 3.13. The van der Waals surface area contributed by atoms with Crippen LogP contribution in [0.3, 0.4) is 0 Å². The molecule has 0 aromatic heterocycles. The third kappa shape index (κ3) is 4.30. The van der Waals surface area contributed by atoms with Gasteiger partial charge in [0.1, 0.15) is 0 Å². The van der Waals surface area contributed by atoms with E-state index in [4.69, 9.17) is 4.74 Å². The first kappa shape index (κ1) is 14.5. The first-order chi connectivity index (χ1) is 10.8. The zero-order valence-corrected chi connectivity index (χ0v) is 12.4. The highest BCUT2D eigenvalue weighted by atomic mass is 16.6. The number of epoxide rings is 1. The summed E-state index contributed by atoms with van der Waals surface area (Å²) in [6.45, 7) is 2.01. The van der Waals surface area contributed by atoms with Crippen LogP contribution in [0.4, 0.5) is 0 Å². The summed E-state index contributed by atoms with van der Waals surface area (Å²) in [4.78, 5) is 14.3. The van der Waals surface area contributed by atoms with Crippen LogP contribution in [0.5, 0.6) is 0 Å². The number of rotatable bonds is 6. The smallest absolute Gasteiger partial charge is 0.246 e. The summed E-state index contributed by atoms with van der Waals surface area (Å²) in [5, 5.41) is 0. The van der Waals surface area contributed by atoms with Gasteiger partial charge in [-0.2, -0.15) is 0 Å². The molecule has 1 saturated heterocycles. The van der Waals surface area contributed by atoms with Crippen molar-refractivity contribution in [3.8, 4) is 0 Å². The lowest BCUT2D eigenvalue weighted by molar-refractivity contribution is -0.126. The Kier molecular flexibility index (Phi) is 4.66. The van der Waals surface area contributed by atoms with E-state index in [1.165, 1.54) is 0 Å². The minimum absolute atomic E-state index is 0.0169. The van der Waals surface area contributed by atoms with Gasteiger partial charge in [0.25, 0.3) is 0 Å². The molecule has 0 spiro atoms. The molecular weight excluding hydrogens is 274 g/mol. The van der Waals surface area contributed by atoms with Crippen LogP contribution in [0.1, 0.15) is 11.1 Å². The van der Waals surface area contributed by atoms with E-state index in [1.807, 2.05) is 71.6 Å². The lowest BCUT2D eigenvalue weighted by atomic mass is 10.2. The number of nitrogens with zero attached hydrogens (tertiary/aromatic N) is 1. The molecule has 1 aliphatic rings. The van der Waals surface area contributed by atoms with Crippen LogP contribution in [-0.4, -0.2) is 30.1 Å². The Morgan fingerprint density at radius 1 is 1.09 bits per heavy atom. The third-order valence-corrected chi connectivity index (χ3v) is 3.57. The third-order valence-electron chi connectivity index (χ3n) is 3.57. The fourth-order valence-electron chi connectivity index (χ4n) is 2.29. The molecule has 1 atom stereocenters. The Morgan fingerprint density at radius 2 is 1.73 bits per heavy atom. The highest BCUT2D eigenvalue weighted by molar-refractivity contribution is 5.91. The molecule has 1 aliphatic heterocycles. The molecule has 0 bridgehead atoms. The normalized spacial score (nSPS) is 16.6. The second-order valence-corrected chi connectivity index (χ2v) is 5.40. The van der Waals surface area contributed by atoms with Gasteiger partial charge in [0.15, 0.2) is 0 Å².